The number of nitrogens with zero attached hydrogens (tertiary/aromatic N) is 2. The molecule has 0 unspecified atom stereocenters. The van der Waals surface area contributed by atoms with Crippen molar-refractivity contribution in [2.45, 2.75) is 25.1 Å². The zero-order chi connectivity index (χ0) is 15.5. The highest BCUT2D eigenvalue weighted by Crippen LogP contribution is 2.24. The summed E-state index contributed by atoms with van der Waals surface area (Å²) in [5, 5.41) is 0. The number of aromatic nitrogens is 1. The molecule has 0 aromatic carbocycles. The summed E-state index contributed by atoms with van der Waals surface area (Å²) in [6, 6.07) is 1.00. The van der Waals surface area contributed by atoms with Crippen LogP contribution in [0.25, 0.3) is 0 Å². The van der Waals surface area contributed by atoms with Crippen LogP contribution in [0, 0.1) is 0 Å². The minimum Gasteiger partial charge on any atom is -0.381 e. The van der Waals surface area contributed by atoms with E-state index < -0.39 is 24.7 Å². The van der Waals surface area contributed by atoms with Crippen LogP contribution >= 0.6 is 15.9 Å². The van der Waals surface area contributed by atoms with Crippen molar-refractivity contribution in [2.75, 3.05) is 19.8 Å². The summed E-state index contributed by atoms with van der Waals surface area (Å²) in [4.78, 5) is 17.1. The molecule has 1 amide bonds. The first kappa shape index (κ1) is 16.2. The van der Waals surface area contributed by atoms with Crippen LogP contribution in [0.2, 0.25) is 0 Å². The molecule has 0 saturated carbocycles. The number of amides is 1. The highest BCUT2D eigenvalue weighted by Gasteiger charge is 2.37. The summed E-state index contributed by atoms with van der Waals surface area (Å²) in [6.07, 6.45) is -0.880. The fraction of sp³-hybridized carbons (Fsp3) is 0.538. The van der Waals surface area contributed by atoms with Gasteiger partial charge < -0.3 is 9.64 Å². The molecule has 21 heavy (non-hydrogen) atoms. The van der Waals surface area contributed by atoms with E-state index in [9.17, 15) is 18.0 Å². The Bertz CT molecular complexity index is 504. The van der Waals surface area contributed by atoms with Crippen molar-refractivity contribution in [1.82, 2.24) is 9.88 Å². The fourth-order valence-corrected chi connectivity index (χ4v) is 2.62. The first-order valence-corrected chi connectivity index (χ1v) is 7.22. The van der Waals surface area contributed by atoms with E-state index in [1.165, 1.54) is 18.5 Å². The summed E-state index contributed by atoms with van der Waals surface area (Å²) < 4.78 is 44.0. The van der Waals surface area contributed by atoms with E-state index in [4.69, 9.17) is 4.74 Å². The van der Waals surface area contributed by atoms with Gasteiger partial charge in [-0.2, -0.15) is 13.2 Å². The zero-order valence-corrected chi connectivity index (χ0v) is 12.7. The lowest BCUT2D eigenvalue weighted by atomic mass is 10.1. The van der Waals surface area contributed by atoms with Crippen molar-refractivity contribution in [3.63, 3.8) is 0 Å². The molecule has 116 valence electrons. The summed E-state index contributed by atoms with van der Waals surface area (Å²) in [7, 11) is 0. The van der Waals surface area contributed by atoms with E-state index in [0.717, 1.165) is 4.90 Å². The molecule has 0 spiro atoms. The molecular weight excluding hydrogens is 353 g/mol. The predicted octanol–water partition coefficient (Wildman–Crippen LogP) is 3.03. The monoisotopic (exact) mass is 366 g/mol. The van der Waals surface area contributed by atoms with Crippen LogP contribution in [-0.2, 0) is 4.74 Å². The van der Waals surface area contributed by atoms with Gasteiger partial charge in [-0.25, -0.2) is 0 Å². The lowest BCUT2D eigenvalue weighted by molar-refractivity contribution is -0.147. The topological polar surface area (TPSA) is 42.4 Å². The van der Waals surface area contributed by atoms with Gasteiger partial charge in [0.05, 0.1) is 5.56 Å². The SMILES string of the molecule is O=C(c1cncc(Br)c1)N(CC(F)(F)F)C1CCOCC1. The maximum absolute atomic E-state index is 12.8. The average Bonchev–Trinajstić information content (AvgIpc) is 2.44. The third-order valence-electron chi connectivity index (χ3n) is 3.19. The molecule has 1 saturated heterocycles. The maximum Gasteiger partial charge on any atom is 0.406 e. The highest BCUT2D eigenvalue weighted by molar-refractivity contribution is 9.10. The van der Waals surface area contributed by atoms with Crippen LogP contribution in [0.1, 0.15) is 23.2 Å². The van der Waals surface area contributed by atoms with E-state index in [1.54, 1.807) is 0 Å². The van der Waals surface area contributed by atoms with Gasteiger partial charge in [0.25, 0.3) is 5.91 Å². The Hall–Kier alpha value is -1.15. The molecule has 8 heteroatoms. The van der Waals surface area contributed by atoms with Crippen LogP contribution in [0.3, 0.4) is 0 Å². The van der Waals surface area contributed by atoms with Gasteiger partial charge in [0.2, 0.25) is 0 Å². The molecule has 0 atom stereocenters. The quantitative estimate of drug-likeness (QED) is 0.825. The minimum atomic E-state index is -4.44. The summed E-state index contributed by atoms with van der Waals surface area (Å²) in [5.74, 6) is -0.659. The molecule has 2 heterocycles. The number of carbonyl (C=O) groups excluding carboxylic acids is 1. The van der Waals surface area contributed by atoms with Gasteiger partial charge in [0.1, 0.15) is 6.54 Å². The largest absolute Gasteiger partial charge is 0.406 e. The second-order valence-corrected chi connectivity index (χ2v) is 5.70. The molecule has 1 aliphatic heterocycles. The molecule has 1 aromatic heterocycles. The molecule has 2 rings (SSSR count). The Balaban J connectivity index is 2.23. The maximum atomic E-state index is 12.8. The highest BCUT2D eigenvalue weighted by atomic mass is 79.9. The second kappa shape index (κ2) is 6.74. The van der Waals surface area contributed by atoms with Gasteiger partial charge in [-0.3, -0.25) is 9.78 Å². The molecule has 0 bridgehead atoms. The Morgan fingerprint density at radius 3 is 2.62 bits per heavy atom. The van der Waals surface area contributed by atoms with E-state index in [2.05, 4.69) is 20.9 Å². The van der Waals surface area contributed by atoms with Crippen LogP contribution < -0.4 is 0 Å². The smallest absolute Gasteiger partial charge is 0.381 e. The third-order valence-corrected chi connectivity index (χ3v) is 3.63. The first-order chi connectivity index (χ1) is 9.87. The molecule has 4 nitrogen and oxygen atoms in total. The standard InChI is InChI=1S/C13H14BrF3N2O2/c14-10-5-9(6-18-7-10)12(20)19(8-13(15,16)17)11-1-3-21-4-2-11/h5-7,11H,1-4,8H2. The Morgan fingerprint density at radius 1 is 1.38 bits per heavy atom. The van der Waals surface area contributed by atoms with Crippen LogP contribution in [0.5, 0.6) is 0 Å². The molecule has 0 radical (unpaired) electrons. The molecule has 0 N–H and O–H groups in total. The normalized spacial score (nSPS) is 16.8. The third kappa shape index (κ3) is 4.67. The molecule has 0 aliphatic carbocycles. The van der Waals surface area contributed by atoms with Crippen molar-refractivity contribution >= 4 is 21.8 Å². The predicted molar refractivity (Wildman–Crippen MR) is 72.9 cm³/mol. The van der Waals surface area contributed by atoms with E-state index in [1.807, 2.05) is 0 Å². The number of carbonyl (C=O) groups is 1. The molecule has 1 fully saturated rings. The average molecular weight is 367 g/mol. The molecule has 1 aliphatic rings. The van der Waals surface area contributed by atoms with E-state index in [0.29, 0.717) is 30.5 Å². The molecule has 1 aromatic rings. The van der Waals surface area contributed by atoms with Gasteiger partial charge >= 0.3 is 6.18 Å². The van der Waals surface area contributed by atoms with Crippen LogP contribution in [0.15, 0.2) is 22.9 Å². The number of hydrogen-bond donors (Lipinski definition) is 0. The lowest BCUT2D eigenvalue weighted by Crippen LogP contribution is -2.47. The van der Waals surface area contributed by atoms with Crippen molar-refractivity contribution in [3.8, 4) is 0 Å². The van der Waals surface area contributed by atoms with E-state index in [-0.39, 0.29) is 5.56 Å². The number of pyridine rings is 1. The number of ether oxygens (including phenoxy) is 1. The van der Waals surface area contributed by atoms with Gasteiger partial charge in [-0.1, -0.05) is 0 Å². The Labute approximate surface area is 128 Å². The summed E-state index contributed by atoms with van der Waals surface area (Å²) in [5.41, 5.74) is 0.139. The van der Waals surface area contributed by atoms with Gasteiger partial charge in [0, 0.05) is 36.1 Å². The number of halogens is 4. The van der Waals surface area contributed by atoms with Gasteiger partial charge in [-0.05, 0) is 34.8 Å². The number of alkyl halides is 3. The lowest BCUT2D eigenvalue weighted by Gasteiger charge is -2.34. The van der Waals surface area contributed by atoms with Crippen molar-refractivity contribution in [1.29, 1.82) is 0 Å². The minimum absolute atomic E-state index is 0.139. The molecular formula is C13H14BrF3N2O2. The Morgan fingerprint density at radius 2 is 2.05 bits per heavy atom. The fourth-order valence-electron chi connectivity index (χ4n) is 2.25. The van der Waals surface area contributed by atoms with Crippen LogP contribution in [0.4, 0.5) is 13.2 Å². The second-order valence-electron chi connectivity index (χ2n) is 4.78. The zero-order valence-electron chi connectivity index (χ0n) is 11.1. The van der Waals surface area contributed by atoms with E-state index >= 15 is 0 Å². The van der Waals surface area contributed by atoms with Crippen LogP contribution in [-0.4, -0.2) is 47.8 Å². The first-order valence-electron chi connectivity index (χ1n) is 6.43. The summed E-state index contributed by atoms with van der Waals surface area (Å²) >= 11 is 3.16. The summed E-state index contributed by atoms with van der Waals surface area (Å²) in [6.45, 7) is -0.533. The number of hydrogen-bond acceptors (Lipinski definition) is 3. The van der Waals surface area contributed by atoms with Crippen molar-refractivity contribution in [2.24, 2.45) is 0 Å². The van der Waals surface area contributed by atoms with Gasteiger partial charge in [0.15, 0.2) is 0 Å². The van der Waals surface area contributed by atoms with Crippen molar-refractivity contribution in [3.05, 3.63) is 28.5 Å². The van der Waals surface area contributed by atoms with Gasteiger partial charge in [-0.15, -0.1) is 0 Å². The Kier molecular flexibility index (Phi) is 5.21. The van der Waals surface area contributed by atoms with Crippen molar-refractivity contribution < 1.29 is 22.7 Å². The number of rotatable bonds is 3.